The van der Waals surface area contributed by atoms with Crippen LogP contribution in [-0.4, -0.2) is 41.6 Å². The van der Waals surface area contributed by atoms with E-state index in [1.165, 1.54) is 21.6 Å². The molecule has 2 aliphatic heterocycles. The average Bonchev–Trinajstić information content (AvgIpc) is 3.61. The van der Waals surface area contributed by atoms with E-state index in [0.717, 1.165) is 39.7 Å². The Morgan fingerprint density at radius 1 is 1.26 bits per heavy atom. The Hall–Kier alpha value is -2.17. The Bertz CT molecular complexity index is 1280. The van der Waals surface area contributed by atoms with E-state index in [1.807, 2.05) is 29.6 Å². The van der Waals surface area contributed by atoms with Gasteiger partial charge in [-0.2, -0.15) is 0 Å². The smallest absolute Gasteiger partial charge is 0.234 e. The molecule has 1 aromatic heterocycles. The van der Waals surface area contributed by atoms with Gasteiger partial charge >= 0.3 is 0 Å². The van der Waals surface area contributed by atoms with Gasteiger partial charge in [-0.3, -0.25) is 14.5 Å². The standard InChI is InChI=1S/C30H34INO5S/c1-4-6-18(12-19-13-23(31)28(33)25(14-19)36-3)8-9-24-26-17(2)11-21-27(22(26)16-37-24)30(35)32(29(21)34)15-20-7-5-10-38-20/h5,7,10,12-14,21-22,24,27,33H,4,6,8-9,11,15-16H2,1-3H3/b18-12+/t21-,22+,24-,27-/m1/s1. The maximum atomic E-state index is 13.5. The number of amides is 2. The lowest BCUT2D eigenvalue weighted by molar-refractivity contribution is -0.140. The van der Waals surface area contributed by atoms with E-state index in [1.54, 1.807) is 18.4 Å². The van der Waals surface area contributed by atoms with E-state index in [0.29, 0.717) is 25.3 Å². The van der Waals surface area contributed by atoms with Crippen molar-refractivity contribution in [2.24, 2.45) is 17.8 Å². The number of thiophene rings is 1. The molecule has 3 aliphatic rings. The highest BCUT2D eigenvalue weighted by molar-refractivity contribution is 14.1. The highest BCUT2D eigenvalue weighted by atomic mass is 127. The minimum atomic E-state index is -0.302. The molecule has 2 saturated heterocycles. The van der Waals surface area contributed by atoms with E-state index < -0.39 is 0 Å². The number of hydrogen-bond acceptors (Lipinski definition) is 6. The zero-order valence-electron chi connectivity index (χ0n) is 22.0. The summed E-state index contributed by atoms with van der Waals surface area (Å²) in [6, 6.07) is 7.77. The predicted molar refractivity (Wildman–Crippen MR) is 157 cm³/mol. The fourth-order valence-electron chi connectivity index (χ4n) is 6.38. The maximum absolute atomic E-state index is 13.5. The number of methoxy groups -OCH3 is 1. The first-order chi connectivity index (χ1) is 18.3. The predicted octanol–water partition coefficient (Wildman–Crippen LogP) is 6.57. The number of hydrogen-bond donors (Lipinski definition) is 1. The number of carbonyl (C=O) groups is 2. The van der Waals surface area contributed by atoms with E-state index in [2.05, 4.69) is 42.5 Å². The van der Waals surface area contributed by atoms with Crippen LogP contribution in [0.15, 0.2) is 46.4 Å². The van der Waals surface area contributed by atoms with Crippen LogP contribution in [0, 0.1) is 21.3 Å². The number of halogens is 1. The van der Waals surface area contributed by atoms with Crippen LogP contribution in [0.3, 0.4) is 0 Å². The van der Waals surface area contributed by atoms with Gasteiger partial charge in [0, 0.05) is 10.8 Å². The number of aromatic hydroxyl groups is 1. The third kappa shape index (κ3) is 5.19. The van der Waals surface area contributed by atoms with E-state index in [9.17, 15) is 14.7 Å². The van der Waals surface area contributed by atoms with Gasteiger partial charge in [-0.1, -0.05) is 36.6 Å². The van der Waals surface area contributed by atoms with Gasteiger partial charge in [-0.15, -0.1) is 11.3 Å². The Morgan fingerprint density at radius 2 is 2.08 bits per heavy atom. The van der Waals surface area contributed by atoms with Gasteiger partial charge in [-0.25, -0.2) is 0 Å². The van der Waals surface area contributed by atoms with Crippen LogP contribution < -0.4 is 4.74 Å². The first-order valence-electron chi connectivity index (χ1n) is 13.3. The number of benzene rings is 1. The fraction of sp³-hybridized carbons (Fsp3) is 0.467. The molecule has 0 saturated carbocycles. The minimum absolute atomic E-state index is 0.00919. The van der Waals surface area contributed by atoms with Gasteiger partial charge in [0.15, 0.2) is 11.5 Å². The number of allylic oxidation sites excluding steroid dienone is 2. The third-order valence-corrected chi connectivity index (χ3v) is 9.76. The summed E-state index contributed by atoms with van der Waals surface area (Å²) in [5.41, 5.74) is 4.80. The average molecular weight is 648 g/mol. The lowest BCUT2D eigenvalue weighted by atomic mass is 9.70. The summed E-state index contributed by atoms with van der Waals surface area (Å²) in [5.74, 6) is 0.00831. The lowest BCUT2D eigenvalue weighted by Crippen LogP contribution is -2.34. The van der Waals surface area contributed by atoms with Crippen LogP contribution in [0.25, 0.3) is 6.08 Å². The number of carbonyl (C=O) groups excluding carboxylic acids is 2. The Kier molecular flexibility index (Phi) is 8.30. The normalized spacial score (nSPS) is 25.3. The third-order valence-electron chi connectivity index (χ3n) is 8.08. The summed E-state index contributed by atoms with van der Waals surface area (Å²) < 4.78 is 12.4. The van der Waals surface area contributed by atoms with Crippen molar-refractivity contribution >= 4 is 51.8 Å². The lowest BCUT2D eigenvalue weighted by Gasteiger charge is -2.30. The van der Waals surface area contributed by atoms with Gasteiger partial charge in [-0.05, 0) is 89.9 Å². The molecule has 5 rings (SSSR count). The Labute approximate surface area is 241 Å². The molecule has 8 heteroatoms. The van der Waals surface area contributed by atoms with Crippen molar-refractivity contribution in [1.82, 2.24) is 4.90 Å². The van der Waals surface area contributed by atoms with Crippen LogP contribution >= 0.6 is 33.9 Å². The van der Waals surface area contributed by atoms with Crippen LogP contribution in [0.1, 0.15) is 56.4 Å². The van der Waals surface area contributed by atoms with Crippen LogP contribution in [0.5, 0.6) is 11.5 Å². The van der Waals surface area contributed by atoms with Crippen molar-refractivity contribution in [2.45, 2.75) is 58.6 Å². The molecular formula is C30H34INO5S. The minimum Gasteiger partial charge on any atom is -0.504 e. The molecule has 0 bridgehead atoms. The summed E-state index contributed by atoms with van der Waals surface area (Å²) in [5, 5.41) is 12.2. The van der Waals surface area contributed by atoms with E-state index in [4.69, 9.17) is 9.47 Å². The highest BCUT2D eigenvalue weighted by Crippen LogP contribution is 2.50. The fourth-order valence-corrected chi connectivity index (χ4v) is 7.70. The molecule has 0 radical (unpaired) electrons. The molecule has 3 heterocycles. The molecule has 4 atom stereocenters. The Morgan fingerprint density at radius 3 is 2.79 bits per heavy atom. The largest absolute Gasteiger partial charge is 0.504 e. The molecule has 1 N–H and O–H groups in total. The number of ether oxygens (including phenoxy) is 2. The molecule has 202 valence electrons. The van der Waals surface area contributed by atoms with E-state index in [-0.39, 0.29) is 41.4 Å². The van der Waals surface area contributed by atoms with Crippen molar-refractivity contribution in [2.75, 3.05) is 13.7 Å². The van der Waals surface area contributed by atoms with Gasteiger partial charge in [0.2, 0.25) is 11.8 Å². The first-order valence-corrected chi connectivity index (χ1v) is 15.2. The summed E-state index contributed by atoms with van der Waals surface area (Å²) in [4.78, 5) is 29.3. The van der Waals surface area contributed by atoms with E-state index >= 15 is 0 Å². The second kappa shape index (κ2) is 11.5. The topological polar surface area (TPSA) is 76.1 Å². The summed E-state index contributed by atoms with van der Waals surface area (Å²) in [6.07, 6.45) is 6.56. The molecule has 1 aliphatic carbocycles. The molecule has 38 heavy (non-hydrogen) atoms. The summed E-state index contributed by atoms with van der Waals surface area (Å²) in [7, 11) is 1.56. The summed E-state index contributed by atoms with van der Waals surface area (Å²) >= 11 is 3.70. The molecule has 2 aromatic rings. The van der Waals surface area contributed by atoms with Crippen LogP contribution in [-0.2, 0) is 20.9 Å². The van der Waals surface area contributed by atoms with Crippen molar-refractivity contribution < 1.29 is 24.2 Å². The highest BCUT2D eigenvalue weighted by Gasteiger charge is 2.56. The number of nitrogens with zero attached hydrogens (tertiary/aromatic N) is 1. The molecule has 1 aromatic carbocycles. The number of phenols is 1. The number of rotatable bonds is 9. The second-order valence-corrected chi connectivity index (χ2v) is 12.7. The maximum Gasteiger partial charge on any atom is 0.234 e. The zero-order valence-corrected chi connectivity index (χ0v) is 25.0. The SMILES string of the molecule is CCC/C(=C\c1cc(I)c(O)c(OC)c1)CC[C@H]1OC[C@H]2C1=C(C)C[C@H]1C(=O)N(Cc3cccs3)C(=O)[C@H]12. The second-order valence-electron chi connectivity index (χ2n) is 10.5. The van der Waals surface area contributed by atoms with Gasteiger partial charge in [0.05, 0.1) is 41.8 Å². The molecular weight excluding hydrogens is 613 g/mol. The molecule has 2 amide bonds. The quantitative estimate of drug-likeness (QED) is 0.190. The van der Waals surface area contributed by atoms with Crippen molar-refractivity contribution in [3.05, 3.63) is 60.4 Å². The molecule has 6 nitrogen and oxygen atoms in total. The van der Waals surface area contributed by atoms with Gasteiger partial charge in [0.25, 0.3) is 0 Å². The van der Waals surface area contributed by atoms with Crippen molar-refractivity contribution in [3.8, 4) is 11.5 Å². The zero-order chi connectivity index (χ0) is 27.0. The Balaban J connectivity index is 1.32. The molecule has 0 spiro atoms. The molecule has 0 unspecified atom stereocenters. The number of fused-ring (bicyclic) bond motifs is 3. The van der Waals surface area contributed by atoms with Gasteiger partial charge < -0.3 is 14.6 Å². The summed E-state index contributed by atoms with van der Waals surface area (Å²) in [6.45, 7) is 5.17. The molecule has 2 fully saturated rings. The van der Waals surface area contributed by atoms with Crippen LogP contribution in [0.4, 0.5) is 0 Å². The monoisotopic (exact) mass is 647 g/mol. The number of imide groups is 1. The van der Waals surface area contributed by atoms with Crippen molar-refractivity contribution in [3.63, 3.8) is 0 Å². The number of phenolic OH excluding ortho intramolecular Hbond substituents is 1. The van der Waals surface area contributed by atoms with Crippen molar-refractivity contribution in [1.29, 1.82) is 0 Å². The van der Waals surface area contributed by atoms with Crippen LogP contribution in [0.2, 0.25) is 0 Å². The first kappa shape index (κ1) is 27.4. The van der Waals surface area contributed by atoms with Gasteiger partial charge in [0.1, 0.15) is 0 Å². The number of likely N-dealkylation sites (tertiary alicyclic amines) is 1.